The summed E-state index contributed by atoms with van der Waals surface area (Å²) in [4.78, 5) is 27.8. The first-order valence-electron chi connectivity index (χ1n) is 6.75. The molecule has 0 aliphatic rings. The molecule has 0 aliphatic carbocycles. The molecular weight excluding hydrogens is 339 g/mol. The van der Waals surface area contributed by atoms with Gasteiger partial charge in [-0.05, 0) is 23.8 Å². The van der Waals surface area contributed by atoms with Crippen molar-refractivity contribution in [1.82, 2.24) is 10.3 Å². The number of ether oxygens (including phenoxy) is 1. The van der Waals surface area contributed by atoms with Gasteiger partial charge in [0.15, 0.2) is 0 Å². The van der Waals surface area contributed by atoms with Crippen LogP contribution in [0.15, 0.2) is 42.6 Å². The molecule has 120 valence electrons. The number of amides is 1. The number of nitrogens with zero attached hydrogens (tertiary/aromatic N) is 1. The molecule has 1 aromatic carbocycles. The highest BCUT2D eigenvalue weighted by molar-refractivity contribution is 6.31. The van der Waals surface area contributed by atoms with Gasteiger partial charge in [-0.25, -0.2) is 4.98 Å². The molecule has 0 aliphatic heterocycles. The van der Waals surface area contributed by atoms with Gasteiger partial charge in [0.05, 0.1) is 25.1 Å². The molecule has 1 heterocycles. The molecule has 0 spiro atoms. The smallest absolute Gasteiger partial charge is 0.307 e. The largest absolute Gasteiger partial charge is 0.469 e. The lowest BCUT2D eigenvalue weighted by Gasteiger charge is -2.19. The van der Waals surface area contributed by atoms with Crippen LogP contribution >= 0.6 is 23.2 Å². The molecule has 0 bridgehead atoms. The molecule has 5 nitrogen and oxygen atoms in total. The lowest BCUT2D eigenvalue weighted by Crippen LogP contribution is -2.30. The van der Waals surface area contributed by atoms with Crippen LogP contribution in [0.25, 0.3) is 0 Å². The number of pyridine rings is 1. The van der Waals surface area contributed by atoms with Crippen molar-refractivity contribution in [2.24, 2.45) is 0 Å². The minimum atomic E-state index is -0.612. The third-order valence-corrected chi connectivity index (χ3v) is 3.74. The Hall–Kier alpha value is -2.11. The molecule has 23 heavy (non-hydrogen) atoms. The quantitative estimate of drug-likeness (QED) is 0.661. The van der Waals surface area contributed by atoms with E-state index in [-0.39, 0.29) is 12.3 Å². The molecule has 1 amide bonds. The van der Waals surface area contributed by atoms with E-state index >= 15 is 0 Å². The van der Waals surface area contributed by atoms with Gasteiger partial charge in [-0.3, -0.25) is 9.59 Å². The Labute approximate surface area is 143 Å². The summed E-state index contributed by atoms with van der Waals surface area (Å²) in [5, 5.41) is 3.51. The third kappa shape index (κ3) is 4.68. The molecule has 0 saturated heterocycles. The highest BCUT2D eigenvalue weighted by Gasteiger charge is 2.21. The Balaban J connectivity index is 2.24. The molecule has 0 radical (unpaired) electrons. The first-order valence-corrected chi connectivity index (χ1v) is 7.50. The van der Waals surface area contributed by atoms with Crippen LogP contribution in [0.5, 0.6) is 0 Å². The van der Waals surface area contributed by atoms with E-state index in [2.05, 4.69) is 15.0 Å². The molecule has 1 atom stereocenters. The van der Waals surface area contributed by atoms with Crippen LogP contribution in [0.4, 0.5) is 0 Å². The summed E-state index contributed by atoms with van der Waals surface area (Å²) in [7, 11) is 1.29. The number of benzene rings is 1. The number of nitrogens with one attached hydrogen (secondary N) is 1. The van der Waals surface area contributed by atoms with Gasteiger partial charge in [-0.2, -0.15) is 0 Å². The van der Waals surface area contributed by atoms with Crippen LogP contribution in [-0.4, -0.2) is 24.0 Å². The van der Waals surface area contributed by atoms with Crippen molar-refractivity contribution < 1.29 is 14.3 Å². The summed E-state index contributed by atoms with van der Waals surface area (Å²) >= 11 is 11.9. The summed E-state index contributed by atoms with van der Waals surface area (Å²) in [5.74, 6) is -0.840. The van der Waals surface area contributed by atoms with Crippen LogP contribution in [0.1, 0.15) is 28.4 Å². The second-order valence-electron chi connectivity index (χ2n) is 4.70. The monoisotopic (exact) mass is 352 g/mol. The van der Waals surface area contributed by atoms with E-state index in [1.807, 2.05) is 0 Å². The summed E-state index contributed by atoms with van der Waals surface area (Å²) in [6, 6.07) is 9.44. The Bertz CT molecular complexity index is 705. The molecule has 1 aromatic heterocycles. The Morgan fingerprint density at radius 1 is 1.22 bits per heavy atom. The van der Waals surface area contributed by atoms with Crippen molar-refractivity contribution >= 4 is 35.1 Å². The first-order chi connectivity index (χ1) is 11.0. The van der Waals surface area contributed by atoms with Crippen LogP contribution in [0.2, 0.25) is 10.2 Å². The fourth-order valence-corrected chi connectivity index (χ4v) is 2.38. The Morgan fingerprint density at radius 2 is 1.96 bits per heavy atom. The summed E-state index contributed by atoms with van der Waals surface area (Å²) in [5.41, 5.74) is 0.964. The third-order valence-electron chi connectivity index (χ3n) is 3.17. The van der Waals surface area contributed by atoms with Crippen molar-refractivity contribution in [2.75, 3.05) is 7.11 Å². The standard InChI is InChI=1S/C16H14Cl2N2O3/c1-23-15(21)8-13(11-4-2-3-5-12(11)17)20-16(22)10-6-7-14(18)19-9-10/h2-7,9,13H,8H2,1H3,(H,20,22)/t13-/m1/s1. The summed E-state index contributed by atoms with van der Waals surface area (Å²) in [6.07, 6.45) is 1.33. The topological polar surface area (TPSA) is 68.3 Å². The highest BCUT2D eigenvalue weighted by Crippen LogP contribution is 2.25. The van der Waals surface area contributed by atoms with Crippen LogP contribution < -0.4 is 5.32 Å². The van der Waals surface area contributed by atoms with Crippen LogP contribution in [0.3, 0.4) is 0 Å². The maximum atomic E-state index is 12.3. The number of halogens is 2. The normalized spacial score (nSPS) is 11.6. The summed E-state index contributed by atoms with van der Waals surface area (Å²) in [6.45, 7) is 0. The SMILES string of the molecule is COC(=O)C[C@@H](NC(=O)c1ccc(Cl)nc1)c1ccccc1Cl. The van der Waals surface area contributed by atoms with E-state index in [4.69, 9.17) is 23.2 Å². The van der Waals surface area contributed by atoms with E-state index in [1.54, 1.807) is 30.3 Å². The number of methoxy groups -OCH3 is 1. The van der Waals surface area contributed by atoms with Gasteiger partial charge in [0, 0.05) is 11.2 Å². The fraction of sp³-hybridized carbons (Fsp3) is 0.188. The molecule has 2 aromatic rings. The van der Waals surface area contributed by atoms with Gasteiger partial charge in [0.1, 0.15) is 5.15 Å². The Morgan fingerprint density at radius 3 is 2.57 bits per heavy atom. The lowest BCUT2D eigenvalue weighted by molar-refractivity contribution is -0.141. The van der Waals surface area contributed by atoms with E-state index in [9.17, 15) is 9.59 Å². The maximum Gasteiger partial charge on any atom is 0.307 e. The van der Waals surface area contributed by atoms with Crippen LogP contribution in [0, 0.1) is 0 Å². The van der Waals surface area contributed by atoms with Gasteiger partial charge >= 0.3 is 5.97 Å². The van der Waals surface area contributed by atoms with Crippen molar-refractivity contribution in [1.29, 1.82) is 0 Å². The molecule has 1 N–H and O–H groups in total. The van der Waals surface area contributed by atoms with Crippen molar-refractivity contribution in [3.8, 4) is 0 Å². The average Bonchev–Trinajstić information content (AvgIpc) is 2.55. The zero-order valence-corrected chi connectivity index (χ0v) is 13.8. The number of hydrogen-bond donors (Lipinski definition) is 1. The first kappa shape index (κ1) is 17.2. The van der Waals surface area contributed by atoms with E-state index in [0.29, 0.717) is 21.3 Å². The zero-order chi connectivity index (χ0) is 16.8. The molecule has 7 heteroatoms. The fourth-order valence-electron chi connectivity index (χ4n) is 2.00. The van der Waals surface area contributed by atoms with Gasteiger partial charge in [-0.15, -0.1) is 0 Å². The minimum Gasteiger partial charge on any atom is -0.469 e. The van der Waals surface area contributed by atoms with Crippen LogP contribution in [-0.2, 0) is 9.53 Å². The van der Waals surface area contributed by atoms with E-state index in [0.717, 1.165) is 0 Å². The van der Waals surface area contributed by atoms with Gasteiger partial charge in [0.25, 0.3) is 5.91 Å². The number of carbonyl (C=O) groups is 2. The predicted octanol–water partition coefficient (Wildman–Crippen LogP) is 3.42. The molecule has 0 fully saturated rings. The predicted molar refractivity (Wildman–Crippen MR) is 87.5 cm³/mol. The molecule has 2 rings (SSSR count). The van der Waals surface area contributed by atoms with Crippen molar-refractivity contribution in [3.63, 3.8) is 0 Å². The molecular formula is C16H14Cl2N2O3. The maximum absolute atomic E-state index is 12.3. The second-order valence-corrected chi connectivity index (χ2v) is 5.49. The highest BCUT2D eigenvalue weighted by atomic mass is 35.5. The van der Waals surface area contributed by atoms with Crippen molar-refractivity contribution in [2.45, 2.75) is 12.5 Å². The minimum absolute atomic E-state index is 0.0347. The number of rotatable bonds is 5. The van der Waals surface area contributed by atoms with Gasteiger partial charge in [-0.1, -0.05) is 41.4 Å². The molecule has 0 saturated carbocycles. The van der Waals surface area contributed by atoms with Gasteiger partial charge < -0.3 is 10.1 Å². The van der Waals surface area contributed by atoms with E-state index in [1.165, 1.54) is 19.4 Å². The second kappa shape index (κ2) is 7.94. The average molecular weight is 353 g/mol. The number of aromatic nitrogens is 1. The zero-order valence-electron chi connectivity index (χ0n) is 12.3. The number of carbonyl (C=O) groups excluding carboxylic acids is 2. The summed E-state index contributed by atoms with van der Waals surface area (Å²) < 4.78 is 4.68. The number of hydrogen-bond acceptors (Lipinski definition) is 4. The Kier molecular flexibility index (Phi) is 5.96. The number of esters is 1. The van der Waals surface area contributed by atoms with Crippen molar-refractivity contribution in [3.05, 3.63) is 63.9 Å². The van der Waals surface area contributed by atoms with E-state index < -0.39 is 12.0 Å². The van der Waals surface area contributed by atoms with Gasteiger partial charge in [0.2, 0.25) is 0 Å². The lowest BCUT2D eigenvalue weighted by atomic mass is 10.0. The molecule has 0 unspecified atom stereocenters.